The monoisotopic (exact) mass is 397 g/mol. The highest BCUT2D eigenvalue weighted by molar-refractivity contribution is 5.95. The summed E-state index contributed by atoms with van der Waals surface area (Å²) in [5.41, 5.74) is 0.596. The van der Waals surface area contributed by atoms with Crippen molar-refractivity contribution in [3.63, 3.8) is 0 Å². The molecule has 8 nitrogen and oxygen atoms in total. The van der Waals surface area contributed by atoms with Crippen LogP contribution < -0.4 is 9.47 Å². The summed E-state index contributed by atoms with van der Waals surface area (Å²) in [5.74, 6) is -1.80. The van der Waals surface area contributed by atoms with Gasteiger partial charge in [-0.2, -0.15) is 0 Å². The number of rotatable bonds is 6. The van der Waals surface area contributed by atoms with E-state index in [1.54, 1.807) is 12.1 Å². The van der Waals surface area contributed by atoms with E-state index >= 15 is 0 Å². The van der Waals surface area contributed by atoms with E-state index in [1.165, 1.54) is 50.6 Å². The summed E-state index contributed by atoms with van der Waals surface area (Å²) in [7, 11) is 2.73. The Hall–Kier alpha value is -4.07. The Bertz CT molecular complexity index is 1150. The summed E-state index contributed by atoms with van der Waals surface area (Å²) in [6.07, 6.45) is 3.01. The van der Waals surface area contributed by atoms with Crippen molar-refractivity contribution in [2.45, 2.75) is 0 Å². The molecule has 0 aliphatic carbocycles. The Morgan fingerprint density at radius 3 is 2.14 bits per heavy atom. The number of ether oxygens (including phenoxy) is 2. The predicted octanol–water partition coefficient (Wildman–Crippen LogP) is 4.00. The number of carboxylic acid groups (broad SMARTS) is 2. The molecule has 0 aliphatic rings. The summed E-state index contributed by atoms with van der Waals surface area (Å²) >= 11 is 0. The fourth-order valence-electron chi connectivity index (χ4n) is 2.75. The van der Waals surface area contributed by atoms with Crippen LogP contribution >= 0.6 is 0 Å². The molecule has 148 valence electrons. The molecule has 8 heteroatoms. The van der Waals surface area contributed by atoms with Crippen LogP contribution in [0.3, 0.4) is 0 Å². The first-order valence-corrected chi connectivity index (χ1v) is 8.34. The van der Waals surface area contributed by atoms with Crippen LogP contribution in [0.15, 0.2) is 40.8 Å². The number of benzene rings is 2. The molecule has 1 heterocycles. The van der Waals surface area contributed by atoms with Crippen LogP contribution in [0.4, 0.5) is 0 Å². The molecule has 0 spiro atoms. The van der Waals surface area contributed by atoms with Crippen LogP contribution in [-0.2, 0) is 0 Å². The van der Waals surface area contributed by atoms with Gasteiger partial charge in [0.1, 0.15) is 0 Å². The number of hydrogen-bond donors (Lipinski definition) is 3. The Balaban J connectivity index is 2.05. The van der Waals surface area contributed by atoms with Gasteiger partial charge in [-0.3, -0.25) is 0 Å². The van der Waals surface area contributed by atoms with Gasteiger partial charge in [-0.15, -0.1) is 0 Å². The minimum absolute atomic E-state index is 0.0304. The number of fused-ring (bicyclic) bond motifs is 1. The van der Waals surface area contributed by atoms with Crippen molar-refractivity contribution in [2.24, 2.45) is 0 Å². The number of phenols is 1. The fourth-order valence-corrected chi connectivity index (χ4v) is 2.75. The average molecular weight is 397 g/mol. The van der Waals surface area contributed by atoms with E-state index in [9.17, 15) is 24.9 Å². The number of carbonyl (C=O) groups is 2. The fraction of sp³-hybridized carbons (Fsp3) is 0.0952. The van der Waals surface area contributed by atoms with Crippen LogP contribution in [0, 0.1) is 0 Å². The maximum absolute atomic E-state index is 11.3. The molecule has 29 heavy (non-hydrogen) atoms. The van der Waals surface area contributed by atoms with E-state index in [1.807, 2.05) is 0 Å². The molecule has 0 bridgehead atoms. The quantitative estimate of drug-likeness (QED) is 0.533. The maximum Gasteiger partial charge on any atom is 0.402 e. The topological polar surface area (TPSA) is 125 Å². The third-order valence-electron chi connectivity index (χ3n) is 4.20. The van der Waals surface area contributed by atoms with Crippen LogP contribution in [0.5, 0.6) is 17.2 Å². The van der Waals surface area contributed by atoms with E-state index in [-0.39, 0.29) is 33.9 Å². The molecule has 0 amide bonds. The summed E-state index contributed by atoms with van der Waals surface area (Å²) in [6.45, 7) is 0. The molecule has 3 aromatic rings. The number of phenolic OH excluding ortho intramolecular Hbond substituents is 1. The van der Waals surface area contributed by atoms with Gasteiger partial charge in [0.2, 0.25) is 5.75 Å². The molecular formula is C21H17O8+. The van der Waals surface area contributed by atoms with Crippen molar-refractivity contribution >= 4 is 35.1 Å². The van der Waals surface area contributed by atoms with Crippen molar-refractivity contribution in [3.05, 3.63) is 58.8 Å². The molecule has 1 aromatic heterocycles. The second kappa shape index (κ2) is 7.89. The molecule has 0 saturated carbocycles. The Morgan fingerprint density at radius 1 is 0.897 bits per heavy atom. The molecule has 0 radical (unpaired) electrons. The molecule has 2 aromatic carbocycles. The third-order valence-corrected chi connectivity index (χ3v) is 4.20. The average Bonchev–Trinajstić information content (AvgIpc) is 2.71. The first kappa shape index (κ1) is 19.7. The largest absolute Gasteiger partial charge is 0.504 e. The van der Waals surface area contributed by atoms with Gasteiger partial charge in [-0.1, -0.05) is 0 Å². The smallest absolute Gasteiger partial charge is 0.402 e. The lowest BCUT2D eigenvalue weighted by Crippen LogP contribution is -1.98. The first-order valence-electron chi connectivity index (χ1n) is 8.34. The zero-order valence-electron chi connectivity index (χ0n) is 15.5. The van der Waals surface area contributed by atoms with Gasteiger partial charge in [-0.05, 0) is 30.3 Å². The van der Waals surface area contributed by atoms with E-state index in [2.05, 4.69) is 0 Å². The summed E-state index contributed by atoms with van der Waals surface area (Å²) in [6, 6.07) is 8.62. The highest BCUT2D eigenvalue weighted by atomic mass is 16.5. The normalized spacial score (nSPS) is 11.0. The Labute approximate surface area is 164 Å². The second-order valence-corrected chi connectivity index (χ2v) is 5.99. The second-order valence-electron chi connectivity index (χ2n) is 5.99. The number of methoxy groups -OCH3 is 2. The minimum atomic E-state index is -1.16. The van der Waals surface area contributed by atoms with Crippen molar-refractivity contribution in [1.29, 1.82) is 0 Å². The highest BCUT2D eigenvalue weighted by Crippen LogP contribution is 2.33. The summed E-state index contributed by atoms with van der Waals surface area (Å²) in [4.78, 5) is 22.5. The lowest BCUT2D eigenvalue weighted by atomic mass is 10.1. The zero-order valence-corrected chi connectivity index (χ0v) is 15.5. The predicted molar refractivity (Wildman–Crippen MR) is 105 cm³/mol. The van der Waals surface area contributed by atoms with E-state index in [0.29, 0.717) is 16.7 Å². The van der Waals surface area contributed by atoms with Gasteiger partial charge in [0.25, 0.3) is 0 Å². The van der Waals surface area contributed by atoms with Crippen LogP contribution in [0.25, 0.3) is 23.1 Å². The number of hydrogen-bond acceptors (Lipinski definition) is 5. The summed E-state index contributed by atoms with van der Waals surface area (Å²) in [5, 5.41) is 29.2. The highest BCUT2D eigenvalue weighted by Gasteiger charge is 2.20. The van der Waals surface area contributed by atoms with E-state index < -0.39 is 11.9 Å². The molecular weight excluding hydrogens is 380 g/mol. The SMILES string of the molecule is COc1cc(C(=O)O)cc(C=Cc2ccc3cc(C(=O)O)cc(OC)c3[o+]2)c1O. The number of carboxylic acids is 2. The van der Waals surface area contributed by atoms with Crippen molar-refractivity contribution in [3.8, 4) is 17.2 Å². The Morgan fingerprint density at radius 2 is 1.52 bits per heavy atom. The van der Waals surface area contributed by atoms with E-state index in [4.69, 9.17) is 13.9 Å². The third kappa shape index (κ3) is 3.96. The van der Waals surface area contributed by atoms with Crippen LogP contribution in [0.2, 0.25) is 0 Å². The molecule has 0 aliphatic heterocycles. The zero-order chi connectivity index (χ0) is 21.1. The Kier molecular flexibility index (Phi) is 5.36. The first-order chi connectivity index (χ1) is 13.8. The van der Waals surface area contributed by atoms with Gasteiger partial charge in [0.15, 0.2) is 11.5 Å². The summed E-state index contributed by atoms with van der Waals surface area (Å²) < 4.78 is 16.0. The van der Waals surface area contributed by atoms with Gasteiger partial charge < -0.3 is 24.8 Å². The van der Waals surface area contributed by atoms with Crippen molar-refractivity contribution < 1.29 is 38.8 Å². The maximum atomic E-state index is 11.3. The van der Waals surface area contributed by atoms with Gasteiger partial charge in [0, 0.05) is 23.8 Å². The molecule has 0 fully saturated rings. The molecule has 0 unspecified atom stereocenters. The lowest BCUT2D eigenvalue weighted by molar-refractivity contribution is 0.0685. The van der Waals surface area contributed by atoms with E-state index in [0.717, 1.165) is 0 Å². The van der Waals surface area contributed by atoms with Crippen molar-refractivity contribution in [1.82, 2.24) is 0 Å². The van der Waals surface area contributed by atoms with Gasteiger partial charge >= 0.3 is 23.3 Å². The van der Waals surface area contributed by atoms with Gasteiger partial charge in [-0.25, -0.2) is 14.0 Å². The number of aromatic hydroxyl groups is 1. The van der Waals surface area contributed by atoms with Gasteiger partial charge in [0.05, 0.1) is 30.7 Å². The molecule has 0 saturated heterocycles. The van der Waals surface area contributed by atoms with Crippen LogP contribution in [-0.4, -0.2) is 41.5 Å². The molecule has 3 rings (SSSR count). The molecule has 0 atom stereocenters. The van der Waals surface area contributed by atoms with Crippen molar-refractivity contribution in [2.75, 3.05) is 14.2 Å². The molecule has 3 N–H and O–H groups in total. The standard InChI is InChI=1S/C21H16O8/c1-27-16-9-13(20(23)24)7-11(18(16)22)3-5-15-6-4-12-8-14(21(25)26)10-17(28-2)19(12)29-15/h3-10H,1-2H3,(H2-,22,23,24,25,26)/p+1. The number of aromatic carboxylic acids is 2. The minimum Gasteiger partial charge on any atom is -0.504 e. The van der Waals surface area contributed by atoms with Crippen LogP contribution in [0.1, 0.15) is 32.0 Å². The lowest BCUT2D eigenvalue weighted by Gasteiger charge is -2.07.